The van der Waals surface area contributed by atoms with Crippen LogP contribution in [0, 0.1) is 0 Å². The van der Waals surface area contributed by atoms with Crippen LogP contribution in [0.1, 0.15) is 41.5 Å². The monoisotopic (exact) mass is 250 g/mol. The topological polar surface area (TPSA) is 27.7 Å². The second-order valence-corrected chi connectivity index (χ2v) is 9.56. The Morgan fingerprint density at radius 1 is 0.667 bits per heavy atom. The molecule has 0 spiro atoms. The molecule has 2 atom stereocenters. The van der Waals surface area contributed by atoms with Gasteiger partial charge in [0.15, 0.2) is 0 Å². The summed E-state index contributed by atoms with van der Waals surface area (Å²) in [7, 11) is -3.08. The van der Waals surface area contributed by atoms with Crippen molar-refractivity contribution >= 4 is 18.6 Å². The molecule has 0 bridgehead atoms. The van der Waals surface area contributed by atoms with Crippen LogP contribution < -0.4 is 0 Å². The van der Waals surface area contributed by atoms with Gasteiger partial charge in [0.2, 0.25) is 0 Å². The third-order valence-corrected chi connectivity index (χ3v) is 6.57. The molecule has 0 radical (unpaired) electrons. The van der Waals surface area contributed by atoms with E-state index >= 15 is 0 Å². The number of hydrogen-bond acceptors (Lipinski definition) is 3. The zero-order valence-electron chi connectivity index (χ0n) is 11.4. The summed E-state index contributed by atoms with van der Waals surface area (Å²) in [4.78, 5) is 0. The Bertz CT molecular complexity index is 164. The standard InChI is InChI=1S/C10H26O3Si2/c1-9(2,3)11-14(7)13-15(8)12-10(4,5)6/h14-15H,1-8H3. The fourth-order valence-electron chi connectivity index (χ4n) is 1.32. The molecule has 0 aromatic rings. The summed E-state index contributed by atoms with van der Waals surface area (Å²) in [6.07, 6.45) is 0. The SMILES string of the molecule is C[SiH](O[SiH](C)OC(C)(C)C)OC(C)(C)C. The van der Waals surface area contributed by atoms with Crippen LogP contribution in [-0.2, 0) is 13.0 Å². The van der Waals surface area contributed by atoms with Gasteiger partial charge < -0.3 is 13.0 Å². The summed E-state index contributed by atoms with van der Waals surface area (Å²) in [5, 5.41) is 0. The van der Waals surface area contributed by atoms with Gasteiger partial charge >= 0.3 is 18.6 Å². The van der Waals surface area contributed by atoms with Gasteiger partial charge in [-0.1, -0.05) is 0 Å². The predicted molar refractivity (Wildman–Crippen MR) is 68.8 cm³/mol. The summed E-state index contributed by atoms with van der Waals surface area (Å²) in [5.74, 6) is 0. The van der Waals surface area contributed by atoms with Gasteiger partial charge in [-0.2, -0.15) is 0 Å². The Morgan fingerprint density at radius 2 is 0.933 bits per heavy atom. The van der Waals surface area contributed by atoms with Crippen molar-refractivity contribution in [3.8, 4) is 0 Å². The Balaban J connectivity index is 3.92. The number of hydrogen-bond donors (Lipinski definition) is 0. The highest BCUT2D eigenvalue weighted by Crippen LogP contribution is 2.13. The lowest BCUT2D eigenvalue weighted by Crippen LogP contribution is -2.39. The van der Waals surface area contributed by atoms with Gasteiger partial charge in [0, 0.05) is 11.2 Å². The first-order chi connectivity index (χ1) is 6.49. The van der Waals surface area contributed by atoms with Gasteiger partial charge in [-0.25, -0.2) is 0 Å². The Hall–Kier alpha value is 0.314. The lowest BCUT2D eigenvalue weighted by Gasteiger charge is -2.29. The van der Waals surface area contributed by atoms with Crippen molar-refractivity contribution in [3.05, 3.63) is 0 Å². The zero-order valence-corrected chi connectivity index (χ0v) is 13.7. The molecule has 0 rings (SSSR count). The van der Waals surface area contributed by atoms with Gasteiger partial charge in [0.05, 0.1) is 0 Å². The molecular formula is C10H26O3Si2. The molecule has 5 heteroatoms. The summed E-state index contributed by atoms with van der Waals surface area (Å²) in [6.45, 7) is 16.4. The van der Waals surface area contributed by atoms with Crippen molar-refractivity contribution in [2.24, 2.45) is 0 Å². The van der Waals surface area contributed by atoms with Crippen LogP contribution in [0.5, 0.6) is 0 Å². The Morgan fingerprint density at radius 3 is 1.13 bits per heavy atom. The lowest BCUT2D eigenvalue weighted by molar-refractivity contribution is 0.0796. The van der Waals surface area contributed by atoms with E-state index < -0.39 is 18.6 Å². The van der Waals surface area contributed by atoms with Crippen LogP contribution in [0.15, 0.2) is 0 Å². The van der Waals surface area contributed by atoms with Gasteiger partial charge in [-0.3, -0.25) is 0 Å². The molecule has 0 saturated carbocycles. The van der Waals surface area contributed by atoms with Crippen molar-refractivity contribution in [1.82, 2.24) is 0 Å². The van der Waals surface area contributed by atoms with Crippen LogP contribution in [-0.4, -0.2) is 29.8 Å². The van der Waals surface area contributed by atoms with Crippen LogP contribution in [0.25, 0.3) is 0 Å². The molecule has 0 saturated heterocycles. The van der Waals surface area contributed by atoms with Crippen molar-refractivity contribution in [1.29, 1.82) is 0 Å². The van der Waals surface area contributed by atoms with E-state index in [1.54, 1.807) is 0 Å². The largest absolute Gasteiger partial charge is 0.419 e. The molecule has 3 nitrogen and oxygen atoms in total. The first kappa shape index (κ1) is 15.3. The number of rotatable bonds is 4. The van der Waals surface area contributed by atoms with Crippen molar-refractivity contribution in [3.63, 3.8) is 0 Å². The highest BCUT2D eigenvalue weighted by Gasteiger charge is 2.23. The molecule has 92 valence electrons. The zero-order chi connectivity index (χ0) is 12.3. The van der Waals surface area contributed by atoms with Crippen molar-refractivity contribution in [2.45, 2.75) is 65.8 Å². The summed E-state index contributed by atoms with van der Waals surface area (Å²) < 4.78 is 17.4. The van der Waals surface area contributed by atoms with E-state index in [0.29, 0.717) is 0 Å². The smallest absolute Gasteiger partial charge is 0.309 e. The van der Waals surface area contributed by atoms with Gasteiger partial charge in [-0.05, 0) is 54.6 Å². The predicted octanol–water partition coefficient (Wildman–Crippen LogP) is 2.33. The molecule has 0 fully saturated rings. The molecular weight excluding hydrogens is 224 g/mol. The fraction of sp³-hybridized carbons (Fsp3) is 1.00. The Kier molecular flexibility index (Phi) is 5.70. The molecule has 2 unspecified atom stereocenters. The minimum Gasteiger partial charge on any atom is -0.419 e. The van der Waals surface area contributed by atoms with Crippen molar-refractivity contribution in [2.75, 3.05) is 0 Å². The van der Waals surface area contributed by atoms with E-state index in [2.05, 4.69) is 54.6 Å². The van der Waals surface area contributed by atoms with Gasteiger partial charge in [-0.15, -0.1) is 0 Å². The average Bonchev–Trinajstić information content (AvgIpc) is 1.73. The minimum absolute atomic E-state index is 0.110. The fourth-order valence-corrected chi connectivity index (χ4v) is 5.92. The van der Waals surface area contributed by atoms with E-state index in [0.717, 1.165) is 0 Å². The van der Waals surface area contributed by atoms with E-state index in [1.807, 2.05) is 0 Å². The van der Waals surface area contributed by atoms with Crippen LogP contribution in [0.2, 0.25) is 13.1 Å². The van der Waals surface area contributed by atoms with Gasteiger partial charge in [0.25, 0.3) is 0 Å². The third-order valence-electron chi connectivity index (χ3n) is 1.42. The molecule has 0 heterocycles. The summed E-state index contributed by atoms with van der Waals surface area (Å²) in [6, 6.07) is 0. The molecule has 0 aliphatic carbocycles. The van der Waals surface area contributed by atoms with E-state index in [9.17, 15) is 0 Å². The summed E-state index contributed by atoms with van der Waals surface area (Å²) in [5.41, 5.74) is -0.219. The Labute approximate surface area is 97.8 Å². The molecule has 0 amide bonds. The maximum atomic E-state index is 5.84. The first-order valence-electron chi connectivity index (χ1n) is 5.51. The van der Waals surface area contributed by atoms with Crippen LogP contribution in [0.4, 0.5) is 0 Å². The van der Waals surface area contributed by atoms with Crippen molar-refractivity contribution < 1.29 is 13.0 Å². The van der Waals surface area contributed by atoms with Crippen LogP contribution >= 0.6 is 0 Å². The van der Waals surface area contributed by atoms with E-state index in [-0.39, 0.29) is 11.2 Å². The van der Waals surface area contributed by atoms with Crippen LogP contribution in [0.3, 0.4) is 0 Å². The highest BCUT2D eigenvalue weighted by atomic mass is 28.4. The molecule has 0 N–H and O–H groups in total. The van der Waals surface area contributed by atoms with E-state index in [1.165, 1.54) is 0 Å². The molecule has 15 heavy (non-hydrogen) atoms. The average molecular weight is 250 g/mol. The summed E-state index contributed by atoms with van der Waals surface area (Å²) >= 11 is 0. The minimum atomic E-state index is -1.54. The maximum Gasteiger partial charge on any atom is 0.309 e. The second kappa shape index (κ2) is 5.59. The molecule has 0 aromatic carbocycles. The van der Waals surface area contributed by atoms with E-state index in [4.69, 9.17) is 13.0 Å². The maximum absolute atomic E-state index is 5.84. The highest BCUT2D eigenvalue weighted by molar-refractivity contribution is 6.57. The molecule has 0 aliphatic rings. The lowest BCUT2D eigenvalue weighted by atomic mass is 10.2. The quantitative estimate of drug-likeness (QED) is 0.717. The third kappa shape index (κ3) is 10.6. The van der Waals surface area contributed by atoms with Gasteiger partial charge in [0.1, 0.15) is 0 Å². The second-order valence-electron chi connectivity index (χ2n) is 5.73. The molecule has 0 aromatic heterocycles. The normalized spacial score (nSPS) is 17.6. The first-order valence-corrected chi connectivity index (χ1v) is 9.70. The molecule has 0 aliphatic heterocycles.